The van der Waals surface area contributed by atoms with Gasteiger partial charge in [0.15, 0.2) is 0 Å². The van der Waals surface area contributed by atoms with Crippen LogP contribution >= 0.6 is 22.7 Å². The van der Waals surface area contributed by atoms with E-state index in [1.165, 1.54) is 24.0 Å². The van der Waals surface area contributed by atoms with E-state index in [4.69, 9.17) is 4.98 Å². The van der Waals surface area contributed by atoms with Crippen LogP contribution < -0.4 is 216 Å². The fraction of sp³-hybridized carbons (Fsp3) is 0.176. The first-order chi connectivity index (χ1) is 20.8. The number of thiazole rings is 2. The van der Waals surface area contributed by atoms with Crippen molar-refractivity contribution in [3.63, 3.8) is 0 Å². The van der Waals surface area contributed by atoms with Gasteiger partial charge < -0.3 is 0 Å². The Morgan fingerprint density at radius 1 is 0.739 bits per heavy atom. The van der Waals surface area contributed by atoms with Crippen molar-refractivity contribution in [1.82, 2.24) is 9.97 Å². The second-order valence-electron chi connectivity index (χ2n) is 9.24. The number of rotatable bonds is 11. The second kappa shape index (κ2) is 26.9. The SMILES string of the molecule is CCCCCCN(/N=C/c1[c-]cc[c-]c1)c1nc2ccccc2s1.[K+].[K+].[K+].[K+].[c-]1cc[c-]c(/C=N/Nc2nc3ccccc3s2)c1. The maximum atomic E-state index is 4.74. The van der Waals surface area contributed by atoms with E-state index in [1.54, 1.807) is 41.0 Å². The smallest absolute Gasteiger partial charge is 0.286 e. The van der Waals surface area contributed by atoms with E-state index in [9.17, 15) is 0 Å². The van der Waals surface area contributed by atoms with Gasteiger partial charge in [0, 0.05) is 6.54 Å². The molecule has 2 aromatic heterocycles. The van der Waals surface area contributed by atoms with E-state index >= 15 is 0 Å². The van der Waals surface area contributed by atoms with E-state index in [1.807, 2.05) is 78.0 Å². The fourth-order valence-corrected chi connectivity index (χ4v) is 5.72. The van der Waals surface area contributed by atoms with Gasteiger partial charge in [0.05, 0.1) is 20.4 Å². The average molecular weight is 743 g/mol. The Balaban J connectivity index is 0.000000436. The van der Waals surface area contributed by atoms with Crippen molar-refractivity contribution in [2.45, 2.75) is 32.6 Å². The van der Waals surface area contributed by atoms with Gasteiger partial charge in [0.1, 0.15) is 0 Å². The zero-order valence-corrected chi connectivity index (χ0v) is 41.5. The Labute approximate surface area is 450 Å². The van der Waals surface area contributed by atoms with Crippen LogP contribution in [0.15, 0.2) is 95.1 Å². The van der Waals surface area contributed by atoms with Gasteiger partial charge in [-0.15, -0.1) is 0 Å². The molecule has 212 valence electrons. The first-order valence-electron chi connectivity index (χ1n) is 13.9. The number of nitrogens with one attached hydrogen (secondary N) is 1. The van der Waals surface area contributed by atoms with E-state index in [0.29, 0.717) is 0 Å². The van der Waals surface area contributed by atoms with Gasteiger partial charge in [-0.3, -0.25) is 66.1 Å². The molecule has 0 bridgehead atoms. The van der Waals surface area contributed by atoms with Crippen LogP contribution in [0.25, 0.3) is 20.4 Å². The summed E-state index contributed by atoms with van der Waals surface area (Å²) in [6.07, 6.45) is 8.37. The number of anilines is 2. The van der Waals surface area contributed by atoms with Crippen LogP contribution in [-0.4, -0.2) is 28.9 Å². The van der Waals surface area contributed by atoms with Crippen LogP contribution in [0.5, 0.6) is 0 Å². The number of nitrogens with zero attached hydrogens (tertiary/aromatic N) is 5. The summed E-state index contributed by atoms with van der Waals surface area (Å²) >= 11 is 3.27. The number of benzene rings is 4. The zero-order chi connectivity index (χ0) is 28.8. The second-order valence-corrected chi connectivity index (χ2v) is 11.3. The molecule has 0 saturated carbocycles. The minimum atomic E-state index is 0. The maximum absolute atomic E-state index is 4.74. The number of hydrogen-bond donors (Lipinski definition) is 1. The minimum absolute atomic E-state index is 0. The first kappa shape index (κ1) is 46.2. The van der Waals surface area contributed by atoms with Crippen molar-refractivity contribution in [2.24, 2.45) is 10.2 Å². The summed E-state index contributed by atoms with van der Waals surface area (Å²) in [5.41, 5.74) is 6.75. The summed E-state index contributed by atoms with van der Waals surface area (Å²) in [6, 6.07) is 39.5. The quantitative estimate of drug-likeness (QED) is 0.0497. The topological polar surface area (TPSA) is 65.8 Å². The summed E-state index contributed by atoms with van der Waals surface area (Å²) in [7, 11) is 0. The summed E-state index contributed by atoms with van der Waals surface area (Å²) in [6.45, 7) is 3.11. The molecule has 0 radical (unpaired) electrons. The van der Waals surface area contributed by atoms with Gasteiger partial charge in [-0.2, -0.15) is 0 Å². The van der Waals surface area contributed by atoms with Crippen molar-refractivity contribution < 1.29 is 206 Å². The largest absolute Gasteiger partial charge is 1.00 e. The molecule has 0 aliphatic carbocycles. The molecule has 0 spiro atoms. The predicted octanol–water partition coefficient (Wildman–Crippen LogP) is -3.32. The molecule has 0 unspecified atom stereocenters. The fourth-order valence-electron chi connectivity index (χ4n) is 3.95. The average Bonchev–Trinajstić information content (AvgIpc) is 3.66. The Morgan fingerprint density at radius 3 is 1.93 bits per heavy atom. The number of aromatic nitrogens is 2. The molecule has 46 heavy (non-hydrogen) atoms. The number of hydrazone groups is 2. The number of fused-ring (bicyclic) bond motifs is 2. The maximum Gasteiger partial charge on any atom is 1.00 e. The standard InChI is InChI=1S/C20H21N3S.C14H9N3S.4K/c1-2-3-4-10-15-23(21-16-17-11-6-5-7-12-17)20-22-18-13-8-9-14-19(18)24-20;1-2-6-11(7-3-1)10-15-17-14-16-12-8-4-5-9-13(12)18-14;;;;/h5-6,8-9,12-14,16H,2-4,10,15H2,1H3;1-2,4-5,7-10H,(H,16,17);;;;/q2*-2;4*+1/b21-16+;15-10+;;;;. The Hall–Kier alpha value is 2.15. The van der Waals surface area contributed by atoms with Crippen LogP contribution in [0, 0.1) is 24.3 Å². The molecule has 6 rings (SSSR count). The van der Waals surface area contributed by atoms with Crippen LogP contribution in [0.4, 0.5) is 10.3 Å². The van der Waals surface area contributed by atoms with Gasteiger partial charge in [-0.05, 0) is 30.7 Å². The van der Waals surface area contributed by atoms with E-state index in [0.717, 1.165) is 50.1 Å². The third-order valence-corrected chi connectivity index (χ3v) is 8.05. The molecule has 0 aliphatic rings. The third kappa shape index (κ3) is 15.8. The van der Waals surface area contributed by atoms with Gasteiger partial charge in [0.25, 0.3) is 0 Å². The van der Waals surface area contributed by atoms with Crippen LogP contribution in [0.1, 0.15) is 43.7 Å². The first-order valence-corrected chi connectivity index (χ1v) is 15.5. The number of unbranched alkanes of at least 4 members (excludes halogenated alkanes) is 3. The molecule has 0 fully saturated rings. The predicted molar refractivity (Wildman–Crippen MR) is 178 cm³/mol. The Kier molecular flexibility index (Phi) is 26.9. The van der Waals surface area contributed by atoms with Crippen LogP contribution in [-0.2, 0) is 0 Å². The van der Waals surface area contributed by atoms with Gasteiger partial charge in [-0.1, -0.05) is 85.6 Å². The molecule has 0 aliphatic heterocycles. The van der Waals surface area contributed by atoms with Gasteiger partial charge in [-0.25, -0.2) is 36.3 Å². The van der Waals surface area contributed by atoms with E-state index in [-0.39, 0.29) is 206 Å². The molecule has 12 heteroatoms. The summed E-state index contributed by atoms with van der Waals surface area (Å²) in [5, 5.41) is 12.5. The Morgan fingerprint density at radius 2 is 1.35 bits per heavy atom. The molecule has 6 nitrogen and oxygen atoms in total. The molecular formula is C34H30K4N6S2. The third-order valence-electron chi connectivity index (χ3n) is 6.06. The van der Waals surface area contributed by atoms with Crippen molar-refractivity contribution >= 4 is 65.8 Å². The number of hydrogen-bond acceptors (Lipinski definition) is 8. The molecular weight excluding hydrogens is 713 g/mol. The van der Waals surface area contributed by atoms with Gasteiger partial charge >= 0.3 is 206 Å². The minimum Gasteiger partial charge on any atom is -0.286 e. The zero-order valence-electron chi connectivity index (χ0n) is 27.3. The Bertz CT molecular complexity index is 1660. The molecule has 0 amide bonds. The molecule has 0 saturated heterocycles. The van der Waals surface area contributed by atoms with Crippen LogP contribution in [0.2, 0.25) is 0 Å². The molecule has 6 aromatic rings. The summed E-state index contributed by atoms with van der Waals surface area (Å²) in [4.78, 5) is 9.16. The van der Waals surface area contributed by atoms with Crippen molar-refractivity contribution in [2.75, 3.05) is 17.0 Å². The number of para-hydroxylation sites is 2. The van der Waals surface area contributed by atoms with E-state index < -0.39 is 0 Å². The van der Waals surface area contributed by atoms with Gasteiger partial charge in [0.2, 0.25) is 10.3 Å². The molecule has 1 N–H and O–H groups in total. The van der Waals surface area contributed by atoms with Crippen molar-refractivity contribution in [1.29, 1.82) is 0 Å². The van der Waals surface area contributed by atoms with Crippen molar-refractivity contribution in [3.8, 4) is 0 Å². The monoisotopic (exact) mass is 742 g/mol. The molecule has 4 aromatic carbocycles. The summed E-state index contributed by atoms with van der Waals surface area (Å²) < 4.78 is 2.34. The normalized spacial score (nSPS) is 10.3. The molecule has 0 atom stereocenters. The van der Waals surface area contributed by atoms with Crippen molar-refractivity contribution in [3.05, 3.63) is 120 Å². The van der Waals surface area contributed by atoms with E-state index in [2.05, 4.69) is 57.9 Å². The molecule has 2 heterocycles. The summed E-state index contributed by atoms with van der Waals surface area (Å²) in [5.74, 6) is 0. The van der Waals surface area contributed by atoms with Crippen LogP contribution in [0.3, 0.4) is 0 Å².